The highest BCUT2D eigenvalue weighted by atomic mass is 35.5. The molecule has 4 atom stereocenters. The van der Waals surface area contributed by atoms with Crippen molar-refractivity contribution in [2.45, 2.75) is 39.0 Å². The average molecular weight is 420 g/mol. The van der Waals surface area contributed by atoms with Gasteiger partial charge in [0, 0.05) is 16.9 Å². The maximum absolute atomic E-state index is 13.6. The quantitative estimate of drug-likeness (QED) is 0.456. The second kappa shape index (κ2) is 5.88. The van der Waals surface area contributed by atoms with E-state index in [1.165, 1.54) is 42.6 Å². The van der Waals surface area contributed by atoms with Gasteiger partial charge in [-0.05, 0) is 80.4 Å². The Morgan fingerprint density at radius 3 is 1.97 bits per heavy atom. The molecule has 1 heterocycles. The normalized spacial score (nSPS) is 42.8. The lowest BCUT2D eigenvalue weighted by Crippen LogP contribution is -2.41. The van der Waals surface area contributed by atoms with Gasteiger partial charge in [0.25, 0.3) is 0 Å². The molecule has 8 rings (SSSR count). The maximum Gasteiger partial charge on any atom is 0.238 e. The molecular weight excluding hydrogens is 394 g/mol. The lowest BCUT2D eigenvalue weighted by atomic mass is 9.53. The van der Waals surface area contributed by atoms with Gasteiger partial charge in [0.05, 0.1) is 17.5 Å². The predicted octanol–water partition coefficient (Wildman–Crippen LogP) is 5.32. The van der Waals surface area contributed by atoms with Crippen molar-refractivity contribution in [3.8, 4) is 0 Å². The number of carbonyl (C=O) groups excluding carboxylic acids is 2. The molecule has 30 heavy (non-hydrogen) atoms. The Hall–Kier alpha value is -1.87. The zero-order chi connectivity index (χ0) is 20.3. The van der Waals surface area contributed by atoms with Crippen LogP contribution in [0.3, 0.4) is 0 Å². The predicted molar refractivity (Wildman–Crippen MR) is 116 cm³/mol. The van der Waals surface area contributed by atoms with Gasteiger partial charge in [-0.15, -0.1) is 0 Å². The zero-order valence-electron chi connectivity index (χ0n) is 17.2. The number of rotatable bonds is 1. The van der Waals surface area contributed by atoms with Crippen LogP contribution in [0.15, 0.2) is 41.5 Å². The number of aryl methyl sites for hydroxylation is 1. The summed E-state index contributed by atoms with van der Waals surface area (Å²) in [5, 5.41) is 0.561. The van der Waals surface area contributed by atoms with Gasteiger partial charge < -0.3 is 0 Å². The maximum atomic E-state index is 13.6. The number of imide groups is 1. The van der Waals surface area contributed by atoms with Gasteiger partial charge in [0.1, 0.15) is 0 Å². The monoisotopic (exact) mass is 419 g/mol. The van der Waals surface area contributed by atoms with Gasteiger partial charge in [-0.25, -0.2) is 4.90 Å². The van der Waals surface area contributed by atoms with Gasteiger partial charge in [0.15, 0.2) is 0 Å². The second-order valence-electron chi connectivity index (χ2n) is 10.6. The van der Waals surface area contributed by atoms with E-state index in [9.17, 15) is 9.59 Å². The SMILES string of the molecule is Cc1ccc(Cl)cc1N1C(=O)[C@@H]2[C@@H](C1=O)[C@H]1C=C[C@H]2C1=C1C2CC3CC(C2)CC1C3. The lowest BCUT2D eigenvalue weighted by Gasteiger charge is -2.52. The summed E-state index contributed by atoms with van der Waals surface area (Å²) in [6.07, 6.45) is 11.3. The Labute approximate surface area is 182 Å². The van der Waals surface area contributed by atoms with Crippen LogP contribution in [0.25, 0.3) is 0 Å². The minimum Gasteiger partial charge on any atom is -0.274 e. The molecule has 6 fully saturated rings. The smallest absolute Gasteiger partial charge is 0.238 e. The molecule has 2 amide bonds. The molecule has 6 aliphatic carbocycles. The molecule has 1 aromatic rings. The van der Waals surface area contributed by atoms with Crippen LogP contribution in [-0.4, -0.2) is 11.8 Å². The molecule has 0 N–H and O–H groups in total. The van der Waals surface area contributed by atoms with Crippen LogP contribution in [0.1, 0.15) is 37.7 Å². The molecule has 0 aromatic heterocycles. The standard InChI is InChI=1S/C26H26ClNO2/c1-12-2-3-17(27)11-20(12)28-25(29)23-18-4-5-19(24(23)26(28)30)22(18)21-15-7-13-6-14(9-15)10-16(21)8-13/h2-5,11,13-16,18-19,23-24H,6-10H2,1H3/t13?,14?,15?,16?,18-,19-,23-,24-/m0/s1. The molecule has 5 saturated carbocycles. The van der Waals surface area contributed by atoms with Crippen LogP contribution >= 0.6 is 11.6 Å². The van der Waals surface area contributed by atoms with E-state index in [1.54, 1.807) is 11.6 Å². The van der Waals surface area contributed by atoms with Crippen molar-refractivity contribution in [2.24, 2.45) is 47.3 Å². The molecule has 154 valence electrons. The number of amides is 2. The first-order chi connectivity index (χ1) is 14.5. The molecule has 0 spiro atoms. The summed E-state index contributed by atoms with van der Waals surface area (Å²) in [5.41, 5.74) is 4.75. The molecule has 1 aliphatic heterocycles. The average Bonchev–Trinajstić information content (AvgIpc) is 3.33. The van der Waals surface area contributed by atoms with E-state index in [2.05, 4.69) is 12.2 Å². The third-order valence-electron chi connectivity index (χ3n) is 9.18. The van der Waals surface area contributed by atoms with Crippen molar-refractivity contribution >= 4 is 29.1 Å². The topological polar surface area (TPSA) is 37.4 Å². The molecule has 7 aliphatic rings. The molecule has 3 nitrogen and oxygen atoms in total. The van der Waals surface area contributed by atoms with Gasteiger partial charge in [-0.1, -0.05) is 41.0 Å². The number of benzene rings is 1. The minimum atomic E-state index is -0.217. The van der Waals surface area contributed by atoms with Gasteiger partial charge in [-0.3, -0.25) is 9.59 Å². The number of allylic oxidation sites excluding steroid dienone is 4. The molecular formula is C26H26ClNO2. The molecule has 6 bridgehead atoms. The van der Waals surface area contributed by atoms with Gasteiger partial charge >= 0.3 is 0 Å². The van der Waals surface area contributed by atoms with E-state index in [0.29, 0.717) is 10.7 Å². The number of fused-ring (bicyclic) bond motifs is 5. The van der Waals surface area contributed by atoms with E-state index >= 15 is 0 Å². The van der Waals surface area contributed by atoms with Gasteiger partial charge in [-0.2, -0.15) is 0 Å². The fraction of sp³-hybridized carbons (Fsp3) is 0.538. The first-order valence-corrected chi connectivity index (χ1v) is 11.9. The number of hydrogen-bond acceptors (Lipinski definition) is 2. The number of halogens is 1. The highest BCUT2D eigenvalue weighted by Crippen LogP contribution is 2.64. The van der Waals surface area contributed by atoms with Crippen LogP contribution in [0.5, 0.6) is 0 Å². The summed E-state index contributed by atoms with van der Waals surface area (Å²) in [6, 6.07) is 5.47. The lowest BCUT2D eigenvalue weighted by molar-refractivity contribution is -0.123. The van der Waals surface area contributed by atoms with Crippen molar-refractivity contribution in [2.75, 3.05) is 4.90 Å². The van der Waals surface area contributed by atoms with Crippen LogP contribution in [0.4, 0.5) is 5.69 Å². The second-order valence-corrected chi connectivity index (χ2v) is 11.1. The van der Waals surface area contributed by atoms with Crippen molar-refractivity contribution < 1.29 is 9.59 Å². The molecule has 0 radical (unpaired) electrons. The first kappa shape index (κ1) is 17.8. The highest BCUT2D eigenvalue weighted by molar-refractivity contribution is 6.31. The summed E-state index contributed by atoms with van der Waals surface area (Å²) >= 11 is 6.21. The van der Waals surface area contributed by atoms with Crippen LogP contribution in [0.2, 0.25) is 5.02 Å². The first-order valence-electron chi connectivity index (χ1n) is 11.6. The summed E-state index contributed by atoms with van der Waals surface area (Å²) in [4.78, 5) is 28.6. The fourth-order valence-corrected chi connectivity index (χ4v) is 8.54. The Balaban J connectivity index is 1.30. The van der Waals surface area contributed by atoms with Crippen LogP contribution < -0.4 is 4.90 Å². The number of carbonyl (C=O) groups is 2. The molecule has 0 unspecified atom stereocenters. The van der Waals surface area contributed by atoms with E-state index in [4.69, 9.17) is 11.6 Å². The van der Waals surface area contributed by atoms with E-state index in [-0.39, 0.29) is 35.5 Å². The van der Waals surface area contributed by atoms with Crippen molar-refractivity contribution in [1.29, 1.82) is 0 Å². The number of nitrogens with zero attached hydrogens (tertiary/aromatic N) is 1. The molecule has 4 heteroatoms. The summed E-state index contributed by atoms with van der Waals surface area (Å²) in [6.45, 7) is 1.94. The van der Waals surface area contributed by atoms with Crippen molar-refractivity contribution in [3.05, 3.63) is 52.1 Å². The summed E-state index contributed by atoms with van der Waals surface area (Å²) in [7, 11) is 0. The van der Waals surface area contributed by atoms with Crippen LogP contribution in [0, 0.1) is 54.3 Å². The highest BCUT2D eigenvalue weighted by Gasteiger charge is 2.63. The van der Waals surface area contributed by atoms with E-state index < -0.39 is 0 Å². The Kier molecular flexibility index (Phi) is 3.48. The number of hydrogen-bond donors (Lipinski definition) is 0. The largest absolute Gasteiger partial charge is 0.274 e. The minimum absolute atomic E-state index is 0.0193. The van der Waals surface area contributed by atoms with Crippen LogP contribution in [-0.2, 0) is 9.59 Å². The Morgan fingerprint density at radius 1 is 0.833 bits per heavy atom. The van der Waals surface area contributed by atoms with Gasteiger partial charge in [0.2, 0.25) is 11.8 Å². The summed E-state index contributed by atoms with van der Waals surface area (Å²) in [5.74, 6) is 3.08. The Morgan fingerprint density at radius 2 is 1.40 bits per heavy atom. The third-order valence-corrected chi connectivity index (χ3v) is 9.41. The van der Waals surface area contributed by atoms with Crippen molar-refractivity contribution in [3.63, 3.8) is 0 Å². The Bertz CT molecular complexity index is 1000. The van der Waals surface area contributed by atoms with E-state index in [1.807, 2.05) is 19.1 Å². The summed E-state index contributed by atoms with van der Waals surface area (Å²) < 4.78 is 0. The molecule has 1 aromatic carbocycles. The molecule has 1 saturated heterocycles. The fourth-order valence-electron chi connectivity index (χ4n) is 8.37. The van der Waals surface area contributed by atoms with Crippen molar-refractivity contribution in [1.82, 2.24) is 0 Å². The van der Waals surface area contributed by atoms with E-state index in [0.717, 1.165) is 29.2 Å². The third kappa shape index (κ3) is 2.12. The number of anilines is 1. The zero-order valence-corrected chi connectivity index (χ0v) is 17.9.